The fourth-order valence-corrected chi connectivity index (χ4v) is 4.02. The fraction of sp³-hybridized carbons (Fsp3) is 0.286. The lowest BCUT2D eigenvalue weighted by molar-refractivity contribution is -0.140. The van der Waals surface area contributed by atoms with Crippen molar-refractivity contribution >= 4 is 35.0 Å². The van der Waals surface area contributed by atoms with Crippen molar-refractivity contribution in [3.63, 3.8) is 0 Å². The molecule has 6 heteroatoms. The molecule has 0 radical (unpaired) electrons. The van der Waals surface area contributed by atoms with E-state index >= 15 is 0 Å². The van der Waals surface area contributed by atoms with Crippen LogP contribution in [0.1, 0.15) is 30.5 Å². The van der Waals surface area contributed by atoms with Crippen molar-refractivity contribution in [1.29, 1.82) is 0 Å². The summed E-state index contributed by atoms with van der Waals surface area (Å²) in [7, 11) is 0. The van der Waals surface area contributed by atoms with Gasteiger partial charge in [-0.3, -0.25) is 9.59 Å². The predicted molar refractivity (Wildman–Crippen MR) is 139 cm³/mol. The summed E-state index contributed by atoms with van der Waals surface area (Å²) in [4.78, 5) is 28.7. The smallest absolute Gasteiger partial charge is 0.243 e. The Morgan fingerprint density at radius 2 is 1.50 bits per heavy atom. The summed E-state index contributed by atoms with van der Waals surface area (Å²) in [5.41, 5.74) is 2.70. The molecular weight excluding hydrogens is 467 g/mol. The summed E-state index contributed by atoms with van der Waals surface area (Å²) in [5, 5.41) is 4.23. The van der Waals surface area contributed by atoms with Crippen LogP contribution in [0.25, 0.3) is 0 Å². The summed E-state index contributed by atoms with van der Waals surface area (Å²) in [6, 6.07) is 23.7. The van der Waals surface area contributed by atoms with Crippen molar-refractivity contribution in [2.45, 2.75) is 39.3 Å². The van der Waals surface area contributed by atoms with Crippen LogP contribution in [0.2, 0.25) is 10.0 Å². The number of benzene rings is 3. The Labute approximate surface area is 211 Å². The molecule has 1 atom stereocenters. The molecule has 2 amide bonds. The minimum absolute atomic E-state index is 0.141. The highest BCUT2D eigenvalue weighted by atomic mass is 35.5. The molecule has 4 nitrogen and oxygen atoms in total. The number of nitrogens with one attached hydrogen (secondary N) is 1. The molecule has 0 spiro atoms. The molecule has 0 aliphatic heterocycles. The maximum Gasteiger partial charge on any atom is 0.243 e. The molecule has 3 aromatic carbocycles. The zero-order valence-electron chi connectivity index (χ0n) is 19.5. The van der Waals surface area contributed by atoms with Gasteiger partial charge in [0, 0.05) is 29.6 Å². The zero-order valence-corrected chi connectivity index (χ0v) is 21.0. The highest BCUT2D eigenvalue weighted by molar-refractivity contribution is 6.30. The lowest BCUT2D eigenvalue weighted by atomic mass is 10.0. The van der Waals surface area contributed by atoms with E-state index in [0.717, 1.165) is 16.7 Å². The van der Waals surface area contributed by atoms with Crippen molar-refractivity contribution in [1.82, 2.24) is 10.2 Å². The van der Waals surface area contributed by atoms with E-state index in [4.69, 9.17) is 23.2 Å². The number of hydrogen-bond acceptors (Lipinski definition) is 2. The van der Waals surface area contributed by atoms with Gasteiger partial charge in [0.2, 0.25) is 11.8 Å². The van der Waals surface area contributed by atoms with E-state index in [1.807, 2.05) is 68.4 Å². The highest BCUT2D eigenvalue weighted by Gasteiger charge is 2.30. The molecule has 34 heavy (non-hydrogen) atoms. The molecule has 3 rings (SSSR count). The normalized spacial score (nSPS) is 11.8. The Balaban J connectivity index is 1.94. The van der Waals surface area contributed by atoms with E-state index in [2.05, 4.69) is 5.32 Å². The second-order valence-electron chi connectivity index (χ2n) is 8.80. The summed E-state index contributed by atoms with van der Waals surface area (Å²) in [5.74, 6) is -0.00277. The van der Waals surface area contributed by atoms with Crippen LogP contribution in [0.5, 0.6) is 0 Å². The maximum atomic E-state index is 13.6. The second kappa shape index (κ2) is 12.6. The number of carbonyl (C=O) groups is 2. The van der Waals surface area contributed by atoms with Crippen molar-refractivity contribution in [3.05, 3.63) is 106 Å². The largest absolute Gasteiger partial charge is 0.354 e. The molecule has 3 aromatic rings. The SMILES string of the molecule is CC(C)CNC(=O)[C@@H](Cc1ccccc1)N(Cc1ccc(Cl)cc1)C(=O)Cc1cccc(Cl)c1. The second-order valence-corrected chi connectivity index (χ2v) is 9.67. The van der Waals surface area contributed by atoms with Gasteiger partial charge in [-0.05, 0) is 46.9 Å². The minimum atomic E-state index is -0.663. The number of hydrogen-bond donors (Lipinski definition) is 1. The molecular formula is C28H30Cl2N2O2. The summed E-state index contributed by atoms with van der Waals surface area (Å²) in [6.07, 6.45) is 0.566. The summed E-state index contributed by atoms with van der Waals surface area (Å²) in [6.45, 7) is 4.93. The average Bonchev–Trinajstić information content (AvgIpc) is 2.81. The van der Waals surface area contributed by atoms with Crippen LogP contribution in [0.4, 0.5) is 0 Å². The molecule has 1 N–H and O–H groups in total. The summed E-state index contributed by atoms with van der Waals surface area (Å²) >= 11 is 12.2. The van der Waals surface area contributed by atoms with Crippen molar-refractivity contribution in [2.75, 3.05) is 6.54 Å². The van der Waals surface area contributed by atoms with Crippen LogP contribution in [-0.4, -0.2) is 29.3 Å². The molecule has 178 valence electrons. The van der Waals surface area contributed by atoms with Gasteiger partial charge < -0.3 is 10.2 Å². The first-order valence-electron chi connectivity index (χ1n) is 11.4. The third-order valence-electron chi connectivity index (χ3n) is 5.47. The van der Waals surface area contributed by atoms with Crippen LogP contribution in [0.15, 0.2) is 78.9 Å². The van der Waals surface area contributed by atoms with Crippen LogP contribution in [-0.2, 0) is 29.0 Å². The number of nitrogens with zero attached hydrogens (tertiary/aromatic N) is 1. The molecule has 0 heterocycles. The molecule has 0 aliphatic rings. The Hall–Kier alpha value is -2.82. The molecule has 0 saturated carbocycles. The zero-order chi connectivity index (χ0) is 24.5. The lowest BCUT2D eigenvalue weighted by Gasteiger charge is -2.32. The topological polar surface area (TPSA) is 49.4 Å². The van der Waals surface area contributed by atoms with E-state index in [-0.39, 0.29) is 18.2 Å². The third kappa shape index (κ3) is 7.89. The van der Waals surface area contributed by atoms with E-state index in [9.17, 15) is 9.59 Å². The number of rotatable bonds is 10. The van der Waals surface area contributed by atoms with Crippen molar-refractivity contribution in [2.24, 2.45) is 5.92 Å². The first kappa shape index (κ1) is 25.8. The van der Waals surface area contributed by atoms with Crippen molar-refractivity contribution < 1.29 is 9.59 Å². The van der Waals surface area contributed by atoms with Gasteiger partial charge in [0.05, 0.1) is 6.42 Å². The van der Waals surface area contributed by atoms with Crippen LogP contribution in [0.3, 0.4) is 0 Å². The van der Waals surface area contributed by atoms with Crippen LogP contribution >= 0.6 is 23.2 Å². The van der Waals surface area contributed by atoms with Gasteiger partial charge in [0.15, 0.2) is 0 Å². The molecule has 0 bridgehead atoms. The number of halogens is 2. The Morgan fingerprint density at radius 3 is 2.15 bits per heavy atom. The Bertz CT molecular complexity index is 1090. The minimum Gasteiger partial charge on any atom is -0.354 e. The van der Waals surface area contributed by atoms with Crippen LogP contribution in [0, 0.1) is 5.92 Å². The average molecular weight is 497 g/mol. The molecule has 0 unspecified atom stereocenters. The monoisotopic (exact) mass is 496 g/mol. The van der Waals surface area contributed by atoms with Gasteiger partial charge in [0.25, 0.3) is 0 Å². The highest BCUT2D eigenvalue weighted by Crippen LogP contribution is 2.19. The van der Waals surface area contributed by atoms with Gasteiger partial charge in [-0.1, -0.05) is 91.6 Å². The van der Waals surface area contributed by atoms with E-state index in [0.29, 0.717) is 35.5 Å². The van der Waals surface area contributed by atoms with Crippen LogP contribution < -0.4 is 5.32 Å². The Kier molecular flexibility index (Phi) is 9.55. The Morgan fingerprint density at radius 1 is 0.824 bits per heavy atom. The molecule has 0 saturated heterocycles. The lowest BCUT2D eigenvalue weighted by Crippen LogP contribution is -2.51. The third-order valence-corrected chi connectivity index (χ3v) is 5.95. The van der Waals surface area contributed by atoms with Crippen molar-refractivity contribution in [3.8, 4) is 0 Å². The molecule has 0 aliphatic carbocycles. The van der Waals surface area contributed by atoms with Gasteiger partial charge in [-0.2, -0.15) is 0 Å². The van der Waals surface area contributed by atoms with Gasteiger partial charge in [-0.15, -0.1) is 0 Å². The quantitative estimate of drug-likeness (QED) is 0.377. The first-order valence-corrected chi connectivity index (χ1v) is 12.2. The maximum absolute atomic E-state index is 13.6. The number of carbonyl (C=O) groups excluding carboxylic acids is 2. The van der Waals surface area contributed by atoms with Gasteiger partial charge in [0.1, 0.15) is 6.04 Å². The fourth-order valence-electron chi connectivity index (χ4n) is 3.69. The summed E-state index contributed by atoms with van der Waals surface area (Å²) < 4.78 is 0. The molecule has 0 fully saturated rings. The first-order chi connectivity index (χ1) is 16.3. The van der Waals surface area contributed by atoms with Gasteiger partial charge in [-0.25, -0.2) is 0 Å². The molecule has 0 aromatic heterocycles. The van der Waals surface area contributed by atoms with E-state index in [1.54, 1.807) is 29.2 Å². The van der Waals surface area contributed by atoms with E-state index < -0.39 is 6.04 Å². The predicted octanol–water partition coefficient (Wildman–Crippen LogP) is 5.95. The van der Waals surface area contributed by atoms with Gasteiger partial charge >= 0.3 is 0 Å². The standard InChI is InChI=1S/C28H30Cl2N2O2/c1-20(2)18-31-28(34)26(16-21-7-4-3-5-8-21)32(19-22-11-13-24(29)14-12-22)27(33)17-23-9-6-10-25(30)15-23/h3-15,20,26H,16-19H2,1-2H3,(H,31,34)/t26-/m1/s1. The number of amides is 2. The van der Waals surface area contributed by atoms with E-state index in [1.165, 1.54) is 0 Å².